The van der Waals surface area contributed by atoms with E-state index in [4.69, 9.17) is 20.3 Å². The third-order valence-corrected chi connectivity index (χ3v) is 8.48. The Hall–Kier alpha value is -1.65. The Morgan fingerprint density at radius 1 is 1.18 bits per heavy atom. The molecule has 4 rings (SSSR count). The van der Waals surface area contributed by atoms with Crippen LogP contribution in [0.15, 0.2) is 11.1 Å². The summed E-state index contributed by atoms with van der Waals surface area (Å²) in [7, 11) is 0. The molecule has 4 unspecified atom stereocenters. The second-order valence-electron chi connectivity index (χ2n) is 10.5. The van der Waals surface area contributed by atoms with E-state index in [2.05, 4.69) is 5.32 Å². The molecular formula is C25H39N2O7+. The predicted molar refractivity (Wildman–Crippen MR) is 121 cm³/mol. The molecule has 2 saturated heterocycles. The lowest BCUT2D eigenvalue weighted by Gasteiger charge is -2.37. The van der Waals surface area contributed by atoms with E-state index >= 15 is 0 Å². The maximum absolute atomic E-state index is 13.7. The highest BCUT2D eigenvalue weighted by atomic mass is 16.7. The number of fused-ring (bicyclic) bond motifs is 2. The number of aliphatic hydroxyl groups excluding tert-OH is 2. The molecule has 9 heteroatoms. The van der Waals surface area contributed by atoms with Gasteiger partial charge in [-0.1, -0.05) is 18.4 Å². The zero-order chi connectivity index (χ0) is 24.5. The predicted octanol–water partition coefficient (Wildman–Crippen LogP) is -0.275. The number of quaternary nitrogens is 1. The van der Waals surface area contributed by atoms with E-state index in [-0.39, 0.29) is 44.0 Å². The van der Waals surface area contributed by atoms with Gasteiger partial charge in [0, 0.05) is 24.7 Å². The molecule has 4 aliphatic rings. The molecule has 0 spiro atoms. The number of carbonyl (C=O) groups is 3. The van der Waals surface area contributed by atoms with Gasteiger partial charge in [-0.2, -0.15) is 0 Å². The number of esters is 1. The van der Waals surface area contributed by atoms with Gasteiger partial charge in [-0.3, -0.25) is 15.3 Å². The summed E-state index contributed by atoms with van der Waals surface area (Å²) >= 11 is 0. The number of hydrogen-bond donors (Lipinski definition) is 4. The molecule has 2 aliphatic carbocycles. The van der Waals surface area contributed by atoms with Crippen LogP contribution in [0.25, 0.3) is 0 Å². The first-order valence-corrected chi connectivity index (χ1v) is 12.7. The van der Waals surface area contributed by atoms with Crippen molar-refractivity contribution in [2.24, 2.45) is 23.5 Å². The van der Waals surface area contributed by atoms with Gasteiger partial charge in [-0.05, 0) is 50.5 Å². The van der Waals surface area contributed by atoms with Crippen LogP contribution in [0.3, 0.4) is 0 Å². The standard InChI is InChI=1S/C25H38N2O7/c1-15(6-7-16-8-9-27-20(26)12-16)17(14-29)13-24-21(30)18-4-2-3-5-19(18)22(31)25(24,34-24)23(32)33-11-10-28/h16,18-20,27-29H,2-14,26H2,1H3/p+1/t16?,18?,19?,20?,24-,25-/m0/s1. The smallest absolute Gasteiger partial charge is 0.350 e. The van der Waals surface area contributed by atoms with Crippen molar-refractivity contribution in [3.8, 4) is 0 Å². The van der Waals surface area contributed by atoms with Crippen LogP contribution < -0.4 is 11.1 Å². The van der Waals surface area contributed by atoms with Crippen LogP contribution in [0.5, 0.6) is 0 Å². The van der Waals surface area contributed by atoms with Crippen molar-refractivity contribution in [3.63, 3.8) is 0 Å². The number of piperidine rings is 1. The Bertz CT molecular complexity index is 858. The van der Waals surface area contributed by atoms with Gasteiger partial charge in [-0.25, -0.2) is 4.79 Å². The average Bonchev–Trinajstić information content (AvgIpc) is 3.54. The van der Waals surface area contributed by atoms with Crippen molar-refractivity contribution in [3.05, 3.63) is 11.1 Å². The molecule has 2 heterocycles. The first-order chi connectivity index (χ1) is 16.3. The van der Waals surface area contributed by atoms with Gasteiger partial charge < -0.3 is 25.0 Å². The molecule has 0 radical (unpaired) electrons. The van der Waals surface area contributed by atoms with Gasteiger partial charge in [0.2, 0.25) is 0 Å². The largest absolute Gasteiger partial charge is 0.461 e. The molecule has 0 aromatic heterocycles. The number of Topliss-reactive ketones (excluding diaryl/α,β-unsaturated/α-hetero) is 2. The van der Waals surface area contributed by atoms with Gasteiger partial charge in [0.05, 0.1) is 19.8 Å². The highest BCUT2D eigenvalue weighted by molar-refractivity contribution is 6.23. The molecule has 2 aliphatic heterocycles. The fourth-order valence-corrected chi connectivity index (χ4v) is 6.47. The van der Waals surface area contributed by atoms with Crippen LogP contribution in [0.4, 0.5) is 0 Å². The van der Waals surface area contributed by atoms with Gasteiger partial charge in [0.25, 0.3) is 5.60 Å². The summed E-state index contributed by atoms with van der Waals surface area (Å²) in [5, 5.41) is 21.5. The van der Waals surface area contributed by atoms with Gasteiger partial charge in [0.15, 0.2) is 17.2 Å². The summed E-state index contributed by atoms with van der Waals surface area (Å²) in [6, 6.07) is 0. The average molecular weight is 480 g/mol. The van der Waals surface area contributed by atoms with Gasteiger partial charge >= 0.3 is 5.97 Å². The van der Waals surface area contributed by atoms with Crippen molar-refractivity contribution >= 4 is 17.5 Å². The minimum Gasteiger partial charge on any atom is -0.461 e. The monoisotopic (exact) mass is 479 g/mol. The van der Waals surface area contributed by atoms with E-state index < -0.39 is 29.0 Å². The van der Waals surface area contributed by atoms with Crippen LogP contribution in [0, 0.1) is 17.8 Å². The number of rotatable bonds is 9. The quantitative estimate of drug-likeness (QED) is 0.152. The molecule has 4 fully saturated rings. The number of epoxide rings is 1. The lowest BCUT2D eigenvalue weighted by molar-refractivity contribution is -0.699. The second kappa shape index (κ2) is 10.1. The van der Waals surface area contributed by atoms with Crippen LogP contribution in [-0.4, -0.2) is 71.5 Å². The zero-order valence-corrected chi connectivity index (χ0v) is 20.1. The summed E-state index contributed by atoms with van der Waals surface area (Å²) in [5.74, 6) is -1.96. The van der Waals surface area contributed by atoms with Gasteiger partial charge in [-0.15, -0.1) is 0 Å². The number of ether oxygens (including phenoxy) is 2. The highest BCUT2D eigenvalue weighted by Crippen LogP contribution is 2.62. The van der Waals surface area contributed by atoms with E-state index in [9.17, 15) is 19.5 Å². The number of hydrogen-bond acceptors (Lipinski definition) is 8. The molecule has 0 aromatic rings. The second-order valence-corrected chi connectivity index (χ2v) is 10.5. The Kier molecular flexibility index (Phi) is 7.59. The van der Waals surface area contributed by atoms with Crippen molar-refractivity contribution in [2.75, 3.05) is 26.4 Å². The Morgan fingerprint density at radius 3 is 2.53 bits per heavy atom. The Balaban J connectivity index is 1.58. The molecule has 9 nitrogen and oxygen atoms in total. The molecular weight excluding hydrogens is 440 g/mol. The summed E-state index contributed by atoms with van der Waals surface area (Å²) < 4.78 is 11.0. The Labute approximate surface area is 200 Å². The number of allylic oxidation sites excluding steroid dienone is 1. The zero-order valence-electron chi connectivity index (χ0n) is 20.1. The molecule has 34 heavy (non-hydrogen) atoms. The van der Waals surface area contributed by atoms with E-state index in [0.717, 1.165) is 50.6 Å². The number of nitrogens with two attached hydrogens (primary N) is 2. The fourth-order valence-electron chi connectivity index (χ4n) is 6.47. The number of carbonyl (C=O) groups excluding carboxylic acids is 3. The fraction of sp³-hybridized carbons (Fsp3) is 0.800. The molecule has 6 N–H and O–H groups in total. The van der Waals surface area contributed by atoms with Crippen molar-refractivity contribution in [2.45, 2.75) is 82.1 Å². The van der Waals surface area contributed by atoms with Crippen LogP contribution in [-0.2, 0) is 23.9 Å². The lowest BCUT2D eigenvalue weighted by Crippen LogP contribution is -2.94. The molecule has 0 bridgehead atoms. The molecule has 0 amide bonds. The van der Waals surface area contributed by atoms with Crippen LogP contribution in [0.1, 0.15) is 64.7 Å². The van der Waals surface area contributed by atoms with E-state index in [1.165, 1.54) is 0 Å². The highest BCUT2D eigenvalue weighted by Gasteiger charge is 2.87. The summed E-state index contributed by atoms with van der Waals surface area (Å²) in [6.07, 6.45) is 6.73. The molecule has 6 atom stereocenters. The minimum atomic E-state index is -1.95. The number of aliphatic hydroxyl groups is 2. The van der Waals surface area contributed by atoms with E-state index in [1.807, 2.05) is 6.92 Å². The number of ketones is 2. The summed E-state index contributed by atoms with van der Waals surface area (Å²) in [4.78, 5) is 40.3. The Morgan fingerprint density at radius 2 is 1.88 bits per heavy atom. The van der Waals surface area contributed by atoms with Crippen molar-refractivity contribution in [1.29, 1.82) is 0 Å². The van der Waals surface area contributed by atoms with Crippen LogP contribution in [0.2, 0.25) is 0 Å². The molecule has 0 aromatic carbocycles. The lowest BCUT2D eigenvalue weighted by atomic mass is 9.60. The maximum atomic E-state index is 13.7. The molecule has 190 valence electrons. The van der Waals surface area contributed by atoms with Gasteiger partial charge in [0.1, 0.15) is 12.8 Å². The normalized spacial score (nSPS) is 38.0. The van der Waals surface area contributed by atoms with E-state index in [1.54, 1.807) is 0 Å². The van der Waals surface area contributed by atoms with E-state index in [0.29, 0.717) is 24.3 Å². The summed E-state index contributed by atoms with van der Waals surface area (Å²) in [6.45, 7) is 2.02. The third-order valence-electron chi connectivity index (χ3n) is 8.48. The SMILES string of the molecule is CC(CCC1CC[NH2+]C(N)C1)=C(CO)C[C@@]12O[C@]1(C(=O)OCCO)C(=O)C1CCCCC1C2=O. The van der Waals surface area contributed by atoms with Crippen molar-refractivity contribution < 1.29 is 39.4 Å². The first-order valence-electron chi connectivity index (χ1n) is 12.7. The summed E-state index contributed by atoms with van der Waals surface area (Å²) in [5.41, 5.74) is 4.10. The minimum absolute atomic E-state index is 0.00924. The third kappa shape index (κ3) is 4.26. The first kappa shape index (κ1) is 25.4. The van der Waals surface area contributed by atoms with Crippen molar-refractivity contribution in [1.82, 2.24) is 0 Å². The molecule has 2 saturated carbocycles. The topological polar surface area (TPSA) is 156 Å². The van der Waals surface area contributed by atoms with Crippen LogP contribution >= 0.6 is 0 Å². The maximum Gasteiger partial charge on any atom is 0.350 e.